The van der Waals surface area contributed by atoms with Crippen molar-refractivity contribution in [1.82, 2.24) is 9.78 Å². The first-order chi connectivity index (χ1) is 6.86. The van der Waals surface area contributed by atoms with Gasteiger partial charge < -0.3 is 5.73 Å². The molecule has 1 aromatic rings. The van der Waals surface area contributed by atoms with E-state index in [0.717, 1.165) is 0 Å². The fraction of sp³-hybridized carbons (Fsp3) is 0.667. The lowest BCUT2D eigenvalue weighted by atomic mass is 9.99. The second kappa shape index (κ2) is 3.98. The lowest BCUT2D eigenvalue weighted by molar-refractivity contribution is -0.386. The minimum Gasteiger partial charge on any atom is -0.327 e. The van der Waals surface area contributed by atoms with Crippen LogP contribution < -0.4 is 5.73 Å². The molecule has 0 radical (unpaired) electrons. The zero-order valence-electron chi connectivity index (χ0n) is 9.39. The maximum absolute atomic E-state index is 10.9. The van der Waals surface area contributed by atoms with Gasteiger partial charge in [0.25, 0.3) is 0 Å². The Bertz CT molecular complexity index is 384. The average Bonchev–Trinajstić information content (AvgIpc) is 2.39. The Hall–Kier alpha value is -1.43. The van der Waals surface area contributed by atoms with Gasteiger partial charge in [-0.1, -0.05) is 6.92 Å². The van der Waals surface area contributed by atoms with Crippen LogP contribution in [0, 0.1) is 17.0 Å². The highest BCUT2D eigenvalue weighted by atomic mass is 16.6. The number of nitrogens with two attached hydrogens (primary N) is 1. The second-order valence-electron chi connectivity index (χ2n) is 3.85. The van der Waals surface area contributed by atoms with E-state index < -0.39 is 4.92 Å². The van der Waals surface area contributed by atoms with Gasteiger partial charge in [0.05, 0.1) is 4.92 Å². The summed E-state index contributed by atoms with van der Waals surface area (Å²) in [5.74, 6) is -0.0865. The molecule has 1 rings (SSSR count). The molecule has 1 heterocycles. The molecule has 2 N–H and O–H groups in total. The molecule has 2 atom stereocenters. The lowest BCUT2D eigenvalue weighted by Crippen LogP contribution is -2.24. The predicted molar refractivity (Wildman–Crippen MR) is 56.7 cm³/mol. The highest BCUT2D eigenvalue weighted by Gasteiger charge is 2.29. The van der Waals surface area contributed by atoms with Crippen molar-refractivity contribution in [2.45, 2.75) is 32.7 Å². The third kappa shape index (κ3) is 1.99. The highest BCUT2D eigenvalue weighted by Crippen LogP contribution is 2.30. The first-order valence-corrected chi connectivity index (χ1v) is 4.79. The fourth-order valence-electron chi connectivity index (χ4n) is 1.65. The first kappa shape index (κ1) is 11.6. The average molecular weight is 212 g/mol. The highest BCUT2D eigenvalue weighted by molar-refractivity contribution is 5.42. The molecule has 0 saturated carbocycles. The van der Waals surface area contributed by atoms with Gasteiger partial charge in [-0.15, -0.1) is 0 Å². The van der Waals surface area contributed by atoms with Gasteiger partial charge in [-0.25, -0.2) is 0 Å². The number of hydrogen-bond acceptors (Lipinski definition) is 4. The van der Waals surface area contributed by atoms with Gasteiger partial charge in [-0.2, -0.15) is 5.10 Å². The summed E-state index contributed by atoms with van der Waals surface area (Å²) in [5.41, 5.74) is 6.86. The summed E-state index contributed by atoms with van der Waals surface area (Å²) in [7, 11) is 1.70. The molecular weight excluding hydrogens is 196 g/mol. The quantitative estimate of drug-likeness (QED) is 0.600. The molecule has 6 heteroatoms. The Morgan fingerprint density at radius 3 is 2.47 bits per heavy atom. The number of aryl methyl sites for hydroxylation is 2. The van der Waals surface area contributed by atoms with E-state index in [1.165, 1.54) is 0 Å². The molecule has 0 saturated heterocycles. The maximum Gasteiger partial charge on any atom is 0.313 e. The third-order valence-corrected chi connectivity index (χ3v) is 2.64. The van der Waals surface area contributed by atoms with Gasteiger partial charge in [0.1, 0.15) is 11.4 Å². The van der Waals surface area contributed by atoms with Crippen LogP contribution in [0.4, 0.5) is 5.69 Å². The fourth-order valence-corrected chi connectivity index (χ4v) is 1.65. The van der Waals surface area contributed by atoms with E-state index in [9.17, 15) is 10.1 Å². The van der Waals surface area contributed by atoms with E-state index in [2.05, 4.69) is 5.10 Å². The van der Waals surface area contributed by atoms with Crippen LogP contribution in [-0.4, -0.2) is 20.7 Å². The SMILES string of the molecule is Cc1nn(C)c(C(C)C(C)N)c1[N+](=O)[O-]. The number of nitro groups is 1. The van der Waals surface area contributed by atoms with Crippen LogP contribution in [0.1, 0.15) is 31.2 Å². The predicted octanol–water partition coefficient (Wildman–Crippen LogP) is 1.09. The van der Waals surface area contributed by atoms with Crippen molar-refractivity contribution in [1.29, 1.82) is 0 Å². The summed E-state index contributed by atoms with van der Waals surface area (Å²) in [6.07, 6.45) is 0. The van der Waals surface area contributed by atoms with Gasteiger partial charge in [0, 0.05) is 19.0 Å². The summed E-state index contributed by atoms with van der Waals surface area (Å²) in [4.78, 5) is 10.5. The molecule has 0 spiro atoms. The monoisotopic (exact) mass is 212 g/mol. The summed E-state index contributed by atoms with van der Waals surface area (Å²) in [6.45, 7) is 5.33. The molecule has 0 aliphatic rings. The minimum absolute atomic E-state index is 0.0855. The molecule has 0 aliphatic heterocycles. The van der Waals surface area contributed by atoms with Crippen molar-refractivity contribution in [2.24, 2.45) is 12.8 Å². The summed E-state index contributed by atoms with van der Waals surface area (Å²) in [6, 6.07) is -0.140. The van der Waals surface area contributed by atoms with Crippen molar-refractivity contribution in [3.8, 4) is 0 Å². The number of nitrogens with zero attached hydrogens (tertiary/aromatic N) is 3. The summed E-state index contributed by atoms with van der Waals surface area (Å²) in [5, 5.41) is 14.9. The molecule has 0 aromatic carbocycles. The lowest BCUT2D eigenvalue weighted by Gasteiger charge is -2.14. The van der Waals surface area contributed by atoms with Crippen LogP contribution in [0.3, 0.4) is 0 Å². The Kier molecular flexibility index (Phi) is 3.09. The molecule has 0 fully saturated rings. The topological polar surface area (TPSA) is 87.0 Å². The number of rotatable bonds is 3. The van der Waals surface area contributed by atoms with Crippen molar-refractivity contribution < 1.29 is 4.92 Å². The van der Waals surface area contributed by atoms with E-state index in [0.29, 0.717) is 11.4 Å². The Morgan fingerprint density at radius 2 is 2.07 bits per heavy atom. The molecule has 0 bridgehead atoms. The van der Waals surface area contributed by atoms with Gasteiger partial charge in [-0.05, 0) is 13.8 Å². The minimum atomic E-state index is -0.392. The largest absolute Gasteiger partial charge is 0.327 e. The molecular formula is C9H16N4O2. The van der Waals surface area contributed by atoms with Gasteiger partial charge >= 0.3 is 5.69 Å². The smallest absolute Gasteiger partial charge is 0.313 e. The number of hydrogen-bond donors (Lipinski definition) is 1. The molecule has 15 heavy (non-hydrogen) atoms. The van der Waals surface area contributed by atoms with E-state index in [1.54, 1.807) is 18.7 Å². The molecule has 1 aromatic heterocycles. The van der Waals surface area contributed by atoms with Crippen LogP contribution in [0.25, 0.3) is 0 Å². The van der Waals surface area contributed by atoms with E-state index in [4.69, 9.17) is 5.73 Å². The summed E-state index contributed by atoms with van der Waals surface area (Å²) >= 11 is 0. The van der Waals surface area contributed by atoms with Crippen molar-refractivity contribution in [3.05, 3.63) is 21.5 Å². The Balaban J connectivity index is 3.32. The van der Waals surface area contributed by atoms with Crippen LogP contribution in [0.2, 0.25) is 0 Å². The normalized spacial score (nSPS) is 15.0. The van der Waals surface area contributed by atoms with E-state index >= 15 is 0 Å². The van der Waals surface area contributed by atoms with Crippen LogP contribution in [0.15, 0.2) is 0 Å². The molecule has 0 amide bonds. The van der Waals surface area contributed by atoms with E-state index in [1.807, 2.05) is 13.8 Å². The molecule has 6 nitrogen and oxygen atoms in total. The Labute approximate surface area is 88.2 Å². The van der Waals surface area contributed by atoms with Gasteiger partial charge in [-0.3, -0.25) is 14.8 Å². The molecule has 2 unspecified atom stereocenters. The van der Waals surface area contributed by atoms with Crippen LogP contribution in [0.5, 0.6) is 0 Å². The maximum atomic E-state index is 10.9. The van der Waals surface area contributed by atoms with Crippen LogP contribution >= 0.6 is 0 Å². The van der Waals surface area contributed by atoms with E-state index in [-0.39, 0.29) is 17.6 Å². The van der Waals surface area contributed by atoms with Crippen LogP contribution in [-0.2, 0) is 7.05 Å². The van der Waals surface area contributed by atoms with Crippen molar-refractivity contribution in [3.63, 3.8) is 0 Å². The van der Waals surface area contributed by atoms with Crippen molar-refractivity contribution in [2.75, 3.05) is 0 Å². The Morgan fingerprint density at radius 1 is 1.53 bits per heavy atom. The molecule has 84 valence electrons. The van der Waals surface area contributed by atoms with Crippen molar-refractivity contribution >= 4 is 5.69 Å². The second-order valence-corrected chi connectivity index (χ2v) is 3.85. The first-order valence-electron chi connectivity index (χ1n) is 4.79. The molecule has 0 aliphatic carbocycles. The van der Waals surface area contributed by atoms with Gasteiger partial charge in [0.2, 0.25) is 0 Å². The standard InChI is InChI=1S/C9H16N4O2/c1-5(6(2)10)8-9(13(14)15)7(3)11-12(8)4/h5-6H,10H2,1-4H3. The third-order valence-electron chi connectivity index (χ3n) is 2.64. The zero-order chi connectivity index (χ0) is 11.7. The summed E-state index contributed by atoms with van der Waals surface area (Å²) < 4.78 is 1.54. The number of aromatic nitrogens is 2. The van der Waals surface area contributed by atoms with Gasteiger partial charge in [0.15, 0.2) is 0 Å². The zero-order valence-corrected chi connectivity index (χ0v) is 9.39.